The minimum absolute atomic E-state index is 0.138. The van der Waals surface area contributed by atoms with E-state index >= 15 is 0 Å². The Bertz CT molecular complexity index is 433. The van der Waals surface area contributed by atoms with Crippen molar-refractivity contribution in [3.05, 3.63) is 27.1 Å². The van der Waals surface area contributed by atoms with Gasteiger partial charge >= 0.3 is 0 Å². The van der Waals surface area contributed by atoms with Gasteiger partial charge in [-0.3, -0.25) is 4.79 Å². The molecule has 5 heteroatoms. The highest BCUT2D eigenvalue weighted by Crippen LogP contribution is 2.27. The van der Waals surface area contributed by atoms with Crippen LogP contribution in [0.2, 0.25) is 0 Å². The molecule has 0 heterocycles. The second-order valence-electron chi connectivity index (χ2n) is 4.21. The Kier molecular flexibility index (Phi) is 4.09. The number of hydrogen-bond donors (Lipinski definition) is 1. The number of hydrogen-bond acceptors (Lipinski definition) is 2. The summed E-state index contributed by atoms with van der Waals surface area (Å²) in [6, 6.07) is 6.32. The average Bonchev–Trinajstić information content (AvgIpc) is 3.13. The maximum atomic E-state index is 11.8. The molecule has 92 valence electrons. The van der Waals surface area contributed by atoms with E-state index in [2.05, 4.69) is 37.2 Å². The summed E-state index contributed by atoms with van der Waals surface area (Å²) >= 11 is 6.86. The molecule has 3 nitrogen and oxygen atoms in total. The van der Waals surface area contributed by atoms with Gasteiger partial charge in [-0.1, -0.05) is 15.9 Å². The molecule has 1 N–H and O–H groups in total. The molecule has 0 aromatic heterocycles. The predicted molar refractivity (Wildman–Crippen MR) is 76.1 cm³/mol. The standard InChI is InChI=1S/C12H14Br2N2O/c1-16(9-3-4-9)12(17)7-15-11-6-8(13)2-5-10(11)14/h2,5-6,9,15H,3-4,7H2,1H3. The van der Waals surface area contributed by atoms with Crippen LogP contribution in [0.25, 0.3) is 0 Å². The molecule has 1 aromatic rings. The highest BCUT2D eigenvalue weighted by atomic mass is 79.9. The molecular weight excluding hydrogens is 348 g/mol. The Morgan fingerprint density at radius 1 is 1.47 bits per heavy atom. The lowest BCUT2D eigenvalue weighted by molar-refractivity contribution is -0.128. The minimum Gasteiger partial charge on any atom is -0.375 e. The maximum Gasteiger partial charge on any atom is 0.241 e. The SMILES string of the molecule is CN(C(=O)CNc1cc(Br)ccc1Br)C1CC1. The van der Waals surface area contributed by atoms with Crippen LogP contribution in [0.1, 0.15) is 12.8 Å². The van der Waals surface area contributed by atoms with Gasteiger partial charge < -0.3 is 10.2 Å². The fourth-order valence-corrected chi connectivity index (χ4v) is 2.34. The van der Waals surface area contributed by atoms with Crippen LogP contribution in [0.4, 0.5) is 5.69 Å². The van der Waals surface area contributed by atoms with Crippen LogP contribution in [0.3, 0.4) is 0 Å². The minimum atomic E-state index is 0.138. The van der Waals surface area contributed by atoms with Crippen molar-refractivity contribution in [2.75, 3.05) is 18.9 Å². The van der Waals surface area contributed by atoms with Gasteiger partial charge in [0.15, 0.2) is 0 Å². The van der Waals surface area contributed by atoms with Crippen molar-refractivity contribution >= 4 is 43.5 Å². The number of halogens is 2. The van der Waals surface area contributed by atoms with Crippen molar-refractivity contribution in [2.24, 2.45) is 0 Å². The largest absolute Gasteiger partial charge is 0.375 e. The zero-order valence-electron chi connectivity index (χ0n) is 9.54. The third kappa shape index (κ3) is 3.45. The fraction of sp³-hybridized carbons (Fsp3) is 0.417. The van der Waals surface area contributed by atoms with Gasteiger partial charge in [0.2, 0.25) is 5.91 Å². The summed E-state index contributed by atoms with van der Waals surface area (Å²) in [5.41, 5.74) is 0.928. The van der Waals surface area contributed by atoms with Gasteiger partial charge in [-0.05, 0) is 47.0 Å². The molecule has 1 saturated carbocycles. The van der Waals surface area contributed by atoms with Gasteiger partial charge in [0, 0.05) is 27.7 Å². The summed E-state index contributed by atoms with van der Waals surface area (Å²) in [4.78, 5) is 13.7. The summed E-state index contributed by atoms with van der Waals surface area (Å²) < 4.78 is 1.95. The van der Waals surface area contributed by atoms with Gasteiger partial charge in [0.25, 0.3) is 0 Å². The molecule has 0 unspecified atom stereocenters. The highest BCUT2D eigenvalue weighted by Gasteiger charge is 2.29. The van der Waals surface area contributed by atoms with E-state index in [1.165, 1.54) is 0 Å². The van der Waals surface area contributed by atoms with Gasteiger partial charge in [-0.2, -0.15) is 0 Å². The first kappa shape index (κ1) is 12.9. The van der Waals surface area contributed by atoms with Gasteiger partial charge in [-0.15, -0.1) is 0 Å². The summed E-state index contributed by atoms with van der Waals surface area (Å²) in [5, 5.41) is 3.15. The van der Waals surface area contributed by atoms with E-state index in [4.69, 9.17) is 0 Å². The van der Waals surface area contributed by atoms with E-state index in [-0.39, 0.29) is 5.91 Å². The number of rotatable bonds is 4. The van der Waals surface area contributed by atoms with Gasteiger partial charge in [-0.25, -0.2) is 0 Å². The van der Waals surface area contributed by atoms with E-state index in [1.807, 2.05) is 30.1 Å². The number of anilines is 1. The molecule has 1 aromatic carbocycles. The van der Waals surface area contributed by atoms with E-state index in [9.17, 15) is 4.79 Å². The Balaban J connectivity index is 1.92. The summed E-state index contributed by atoms with van der Waals surface area (Å²) in [7, 11) is 1.87. The second-order valence-corrected chi connectivity index (χ2v) is 5.98. The van der Waals surface area contributed by atoms with Gasteiger partial charge in [0.05, 0.1) is 6.54 Å². The third-order valence-electron chi connectivity index (χ3n) is 2.85. The van der Waals surface area contributed by atoms with E-state index in [1.54, 1.807) is 0 Å². The summed E-state index contributed by atoms with van der Waals surface area (Å²) in [6.45, 7) is 0.335. The summed E-state index contributed by atoms with van der Waals surface area (Å²) in [6.07, 6.45) is 2.28. The van der Waals surface area contributed by atoms with Crippen LogP contribution in [-0.4, -0.2) is 30.4 Å². The molecule has 1 aliphatic rings. The maximum absolute atomic E-state index is 11.8. The fourth-order valence-electron chi connectivity index (χ4n) is 1.59. The van der Waals surface area contributed by atoms with Crippen molar-refractivity contribution in [2.45, 2.75) is 18.9 Å². The van der Waals surface area contributed by atoms with Crippen molar-refractivity contribution in [1.82, 2.24) is 4.90 Å². The molecule has 2 rings (SSSR count). The lowest BCUT2D eigenvalue weighted by atomic mass is 10.3. The number of nitrogens with one attached hydrogen (secondary N) is 1. The predicted octanol–water partition coefficient (Wildman–Crippen LogP) is 3.24. The molecule has 0 bridgehead atoms. The van der Waals surface area contributed by atoms with Crippen LogP contribution >= 0.6 is 31.9 Å². The molecule has 0 spiro atoms. The topological polar surface area (TPSA) is 32.3 Å². The van der Waals surface area contributed by atoms with Crippen LogP contribution < -0.4 is 5.32 Å². The van der Waals surface area contributed by atoms with Crippen molar-refractivity contribution < 1.29 is 4.79 Å². The third-order valence-corrected chi connectivity index (χ3v) is 4.03. The molecule has 1 fully saturated rings. The first-order chi connectivity index (χ1) is 8.08. The highest BCUT2D eigenvalue weighted by molar-refractivity contribution is 9.11. The molecule has 0 aliphatic heterocycles. The molecule has 1 aliphatic carbocycles. The van der Waals surface area contributed by atoms with Crippen molar-refractivity contribution in [1.29, 1.82) is 0 Å². The van der Waals surface area contributed by atoms with Crippen LogP contribution in [0.5, 0.6) is 0 Å². The Morgan fingerprint density at radius 3 is 2.82 bits per heavy atom. The number of benzene rings is 1. The second kappa shape index (κ2) is 5.40. The number of amides is 1. The normalized spacial score (nSPS) is 14.5. The number of carbonyl (C=O) groups is 1. The van der Waals surface area contributed by atoms with Crippen molar-refractivity contribution in [3.63, 3.8) is 0 Å². The van der Waals surface area contributed by atoms with Crippen LogP contribution in [0.15, 0.2) is 27.1 Å². The lowest BCUT2D eigenvalue weighted by Crippen LogP contribution is -2.33. The lowest BCUT2D eigenvalue weighted by Gasteiger charge is -2.17. The molecule has 0 atom stereocenters. The average molecular weight is 362 g/mol. The number of nitrogens with zero attached hydrogens (tertiary/aromatic N) is 1. The first-order valence-corrected chi connectivity index (χ1v) is 7.11. The number of likely N-dealkylation sites (N-methyl/N-ethyl adjacent to an activating group) is 1. The Hall–Kier alpha value is -0.550. The van der Waals surface area contributed by atoms with Crippen LogP contribution in [-0.2, 0) is 4.79 Å². The van der Waals surface area contributed by atoms with E-state index < -0.39 is 0 Å². The van der Waals surface area contributed by atoms with Crippen molar-refractivity contribution in [3.8, 4) is 0 Å². The zero-order valence-corrected chi connectivity index (χ0v) is 12.7. The molecule has 1 amide bonds. The molecule has 0 saturated heterocycles. The quantitative estimate of drug-likeness (QED) is 0.892. The smallest absolute Gasteiger partial charge is 0.241 e. The Morgan fingerprint density at radius 2 is 2.18 bits per heavy atom. The van der Waals surface area contributed by atoms with E-state index in [0.29, 0.717) is 12.6 Å². The first-order valence-electron chi connectivity index (χ1n) is 5.52. The molecular formula is C12H14Br2N2O. The van der Waals surface area contributed by atoms with Gasteiger partial charge in [0.1, 0.15) is 0 Å². The monoisotopic (exact) mass is 360 g/mol. The Labute approximate surface area is 118 Å². The molecule has 17 heavy (non-hydrogen) atoms. The summed E-state index contributed by atoms with van der Waals surface area (Å²) in [5.74, 6) is 0.138. The van der Waals surface area contributed by atoms with E-state index in [0.717, 1.165) is 27.5 Å². The molecule has 0 radical (unpaired) electrons. The zero-order chi connectivity index (χ0) is 12.4. The van der Waals surface area contributed by atoms with Crippen LogP contribution in [0, 0.1) is 0 Å². The number of carbonyl (C=O) groups excluding carboxylic acids is 1.